The van der Waals surface area contributed by atoms with Gasteiger partial charge >= 0.3 is 0 Å². The second-order valence-corrected chi connectivity index (χ2v) is 4.63. The van der Waals surface area contributed by atoms with Crippen LogP contribution in [-0.4, -0.2) is 18.3 Å². The second kappa shape index (κ2) is 3.70. The van der Waals surface area contributed by atoms with Crippen molar-refractivity contribution in [2.24, 2.45) is 11.7 Å². The van der Waals surface area contributed by atoms with E-state index in [-0.39, 0.29) is 5.78 Å². The third kappa shape index (κ3) is 1.32. The van der Waals surface area contributed by atoms with Crippen LogP contribution < -0.4 is 10.5 Å². The maximum absolute atomic E-state index is 12.3. The molecule has 1 atom stereocenters. The van der Waals surface area contributed by atoms with Gasteiger partial charge in [-0.15, -0.1) is 0 Å². The van der Waals surface area contributed by atoms with E-state index in [4.69, 9.17) is 10.5 Å². The molecule has 18 heavy (non-hydrogen) atoms. The summed E-state index contributed by atoms with van der Waals surface area (Å²) >= 11 is 0. The Bertz CT molecular complexity index is 601. The van der Waals surface area contributed by atoms with Crippen LogP contribution in [-0.2, 0) is 4.79 Å². The first-order valence-corrected chi connectivity index (χ1v) is 5.91. The van der Waals surface area contributed by atoms with Gasteiger partial charge in [0.15, 0.2) is 5.78 Å². The van der Waals surface area contributed by atoms with E-state index in [9.17, 15) is 9.59 Å². The summed E-state index contributed by atoms with van der Waals surface area (Å²) in [5.41, 5.74) is 8.30. The zero-order valence-electron chi connectivity index (χ0n) is 10.0. The van der Waals surface area contributed by atoms with Crippen molar-refractivity contribution >= 4 is 17.3 Å². The summed E-state index contributed by atoms with van der Waals surface area (Å²) in [4.78, 5) is 23.9. The third-order valence-electron chi connectivity index (χ3n) is 3.51. The van der Waals surface area contributed by atoms with E-state index in [2.05, 4.69) is 0 Å². The van der Waals surface area contributed by atoms with E-state index in [1.165, 1.54) is 0 Å². The van der Waals surface area contributed by atoms with Gasteiger partial charge in [-0.05, 0) is 24.1 Å². The Morgan fingerprint density at radius 2 is 2.17 bits per heavy atom. The van der Waals surface area contributed by atoms with Crippen molar-refractivity contribution in [2.45, 2.75) is 13.3 Å². The molecule has 1 aliphatic carbocycles. The van der Waals surface area contributed by atoms with Crippen LogP contribution in [0.25, 0.3) is 5.57 Å². The first-order chi connectivity index (χ1) is 8.61. The van der Waals surface area contributed by atoms with Crippen molar-refractivity contribution in [3.63, 3.8) is 0 Å². The molecule has 4 nitrogen and oxygen atoms in total. The van der Waals surface area contributed by atoms with Gasteiger partial charge in [-0.1, -0.05) is 12.1 Å². The molecule has 2 N–H and O–H groups in total. The molecule has 0 spiro atoms. The monoisotopic (exact) mass is 243 g/mol. The van der Waals surface area contributed by atoms with E-state index in [1.807, 2.05) is 25.1 Å². The fourth-order valence-electron chi connectivity index (χ4n) is 2.73. The first-order valence-electron chi connectivity index (χ1n) is 5.91. The standard InChI is InChI=1S/C14H13NO3/c1-7-4-5-9-11-8(3-2-6-18-9)12(14(15)17)13(16)10(7)11/h3-5,12H,2,6H2,1H3,(H2,15,17). The van der Waals surface area contributed by atoms with Crippen LogP contribution in [0.3, 0.4) is 0 Å². The van der Waals surface area contributed by atoms with Crippen molar-refractivity contribution in [1.29, 1.82) is 0 Å². The Balaban J connectivity index is 2.33. The molecule has 3 rings (SSSR count). The van der Waals surface area contributed by atoms with Crippen molar-refractivity contribution < 1.29 is 14.3 Å². The largest absolute Gasteiger partial charge is 0.493 e. The Labute approximate surface area is 104 Å². The maximum atomic E-state index is 12.3. The minimum Gasteiger partial charge on any atom is -0.493 e. The zero-order chi connectivity index (χ0) is 12.9. The molecule has 0 saturated heterocycles. The molecule has 0 saturated carbocycles. The number of ether oxygens (including phenoxy) is 1. The number of primary amides is 1. The minimum absolute atomic E-state index is 0.200. The summed E-state index contributed by atoms with van der Waals surface area (Å²) in [7, 11) is 0. The van der Waals surface area contributed by atoms with Crippen LogP contribution in [0.1, 0.15) is 27.9 Å². The van der Waals surface area contributed by atoms with Gasteiger partial charge in [0.25, 0.3) is 0 Å². The third-order valence-corrected chi connectivity index (χ3v) is 3.51. The van der Waals surface area contributed by atoms with E-state index < -0.39 is 11.8 Å². The summed E-state index contributed by atoms with van der Waals surface area (Å²) in [5.74, 6) is -0.957. The molecule has 1 heterocycles. The number of ketones is 1. The van der Waals surface area contributed by atoms with Gasteiger partial charge in [0.05, 0.1) is 6.61 Å². The lowest BCUT2D eigenvalue weighted by Crippen LogP contribution is -2.27. The fourth-order valence-corrected chi connectivity index (χ4v) is 2.73. The van der Waals surface area contributed by atoms with Gasteiger partial charge in [0.1, 0.15) is 11.7 Å². The summed E-state index contributed by atoms with van der Waals surface area (Å²) < 4.78 is 5.61. The van der Waals surface area contributed by atoms with Gasteiger partial charge in [0, 0.05) is 17.5 Å². The van der Waals surface area contributed by atoms with Crippen LogP contribution in [0.5, 0.6) is 5.75 Å². The minimum atomic E-state index is -0.846. The lowest BCUT2D eigenvalue weighted by atomic mass is 9.97. The molecule has 2 aliphatic rings. The van der Waals surface area contributed by atoms with Crippen molar-refractivity contribution in [3.8, 4) is 5.75 Å². The number of amides is 1. The normalized spacial score (nSPS) is 20.8. The van der Waals surface area contributed by atoms with Crippen molar-refractivity contribution in [3.05, 3.63) is 34.9 Å². The number of nitrogens with two attached hydrogens (primary N) is 1. The molecule has 0 fully saturated rings. The number of Topliss-reactive ketones (excluding diaryl/α,β-unsaturated/α-hetero) is 1. The number of rotatable bonds is 1. The lowest BCUT2D eigenvalue weighted by molar-refractivity contribution is -0.118. The highest BCUT2D eigenvalue weighted by Crippen LogP contribution is 2.45. The molecule has 1 unspecified atom stereocenters. The number of aryl methyl sites for hydroxylation is 1. The predicted molar refractivity (Wildman–Crippen MR) is 66.3 cm³/mol. The predicted octanol–water partition coefficient (Wildman–Crippen LogP) is 1.46. The van der Waals surface area contributed by atoms with Crippen LogP contribution in [0.15, 0.2) is 18.2 Å². The second-order valence-electron chi connectivity index (χ2n) is 4.63. The molecule has 1 aromatic carbocycles. The fraction of sp³-hybridized carbons (Fsp3) is 0.286. The highest BCUT2D eigenvalue weighted by Gasteiger charge is 2.42. The van der Waals surface area contributed by atoms with Crippen LogP contribution in [0.2, 0.25) is 0 Å². The lowest BCUT2D eigenvalue weighted by Gasteiger charge is -2.09. The van der Waals surface area contributed by atoms with E-state index >= 15 is 0 Å². The molecule has 1 aromatic rings. The molecule has 0 aromatic heterocycles. The molecule has 0 radical (unpaired) electrons. The van der Waals surface area contributed by atoms with Gasteiger partial charge in [0.2, 0.25) is 5.91 Å². The van der Waals surface area contributed by atoms with Gasteiger partial charge < -0.3 is 10.5 Å². The average Bonchev–Trinajstić information content (AvgIpc) is 2.48. The molecule has 4 heteroatoms. The van der Waals surface area contributed by atoms with E-state index in [1.54, 1.807) is 0 Å². The molecular formula is C14H13NO3. The van der Waals surface area contributed by atoms with Gasteiger partial charge in [-0.25, -0.2) is 0 Å². The number of carbonyl (C=O) groups excluding carboxylic acids is 2. The molecular weight excluding hydrogens is 230 g/mol. The van der Waals surface area contributed by atoms with E-state index in [0.717, 1.165) is 16.7 Å². The summed E-state index contributed by atoms with van der Waals surface area (Å²) in [6, 6.07) is 3.70. The highest BCUT2D eigenvalue weighted by molar-refractivity contribution is 6.25. The number of hydrogen-bond donors (Lipinski definition) is 1. The smallest absolute Gasteiger partial charge is 0.232 e. The molecule has 92 valence electrons. The Kier molecular flexibility index (Phi) is 2.26. The summed E-state index contributed by atoms with van der Waals surface area (Å²) in [6.07, 6.45) is 2.58. The van der Waals surface area contributed by atoms with Crippen molar-refractivity contribution in [2.75, 3.05) is 6.61 Å². The maximum Gasteiger partial charge on any atom is 0.232 e. The Morgan fingerprint density at radius 1 is 1.39 bits per heavy atom. The summed E-state index contributed by atoms with van der Waals surface area (Å²) in [5, 5.41) is 0. The van der Waals surface area contributed by atoms with Crippen molar-refractivity contribution in [1.82, 2.24) is 0 Å². The molecule has 1 aliphatic heterocycles. The van der Waals surface area contributed by atoms with Gasteiger partial charge in [-0.3, -0.25) is 9.59 Å². The van der Waals surface area contributed by atoms with Crippen LogP contribution in [0, 0.1) is 12.8 Å². The molecule has 0 bridgehead atoms. The highest BCUT2D eigenvalue weighted by atomic mass is 16.5. The van der Waals surface area contributed by atoms with Crippen LogP contribution >= 0.6 is 0 Å². The first kappa shape index (κ1) is 11.0. The summed E-state index contributed by atoms with van der Waals surface area (Å²) in [6.45, 7) is 2.41. The Hall–Kier alpha value is -2.10. The quantitative estimate of drug-likeness (QED) is 0.759. The number of carbonyl (C=O) groups is 2. The SMILES string of the molecule is Cc1ccc2c3c1C(=O)C(C(N)=O)C3=CCCO2. The number of benzene rings is 1. The number of hydrogen-bond acceptors (Lipinski definition) is 3. The van der Waals surface area contributed by atoms with Gasteiger partial charge in [-0.2, -0.15) is 0 Å². The zero-order valence-corrected chi connectivity index (χ0v) is 10.0. The van der Waals surface area contributed by atoms with E-state index in [0.29, 0.717) is 24.3 Å². The van der Waals surface area contributed by atoms with Crippen LogP contribution in [0.4, 0.5) is 0 Å². The Morgan fingerprint density at radius 3 is 2.89 bits per heavy atom. The average molecular weight is 243 g/mol. The molecule has 1 amide bonds. The topological polar surface area (TPSA) is 69.4 Å².